The highest BCUT2D eigenvalue weighted by Gasteiger charge is 2.15. The number of benzene rings is 2. The molecule has 3 aromatic rings. The predicted molar refractivity (Wildman–Crippen MR) is 101 cm³/mol. The van der Waals surface area contributed by atoms with Gasteiger partial charge in [0.1, 0.15) is 5.75 Å². The molecule has 0 unspecified atom stereocenters. The van der Waals surface area contributed by atoms with Crippen LogP contribution in [0.25, 0.3) is 11.4 Å². The molecule has 3 rings (SSSR count). The van der Waals surface area contributed by atoms with Crippen LogP contribution in [-0.2, 0) is 5.75 Å². The zero-order chi connectivity index (χ0) is 17.1. The smallest absolute Gasteiger partial charge is 0.210 e. The first-order valence-corrected chi connectivity index (χ1v) is 9.16. The molecule has 0 aliphatic heterocycles. The summed E-state index contributed by atoms with van der Waals surface area (Å²) < 4.78 is 7.76. The molecule has 24 heavy (non-hydrogen) atoms. The summed E-state index contributed by atoms with van der Waals surface area (Å²) in [5.41, 5.74) is 1.86. The van der Waals surface area contributed by atoms with Gasteiger partial charge >= 0.3 is 0 Å². The fourth-order valence-corrected chi connectivity index (χ4v) is 3.70. The standard InChI is InChI=1S/C16H14BrClN4OS/c1-23-14-7-6-11(18)8-10(14)9-24-16-21-20-15(22(16)19)12-4-2-3-5-13(12)17/h2-8H,9,19H2,1H3. The lowest BCUT2D eigenvalue weighted by molar-refractivity contribution is 0.411. The molecule has 0 bridgehead atoms. The molecule has 0 amide bonds. The van der Waals surface area contributed by atoms with E-state index in [0.29, 0.717) is 21.8 Å². The largest absolute Gasteiger partial charge is 0.496 e. The SMILES string of the molecule is COc1ccc(Cl)cc1CSc1nnc(-c2ccccc2Br)n1N. The molecule has 0 spiro atoms. The Hall–Kier alpha value is -1.70. The van der Waals surface area contributed by atoms with E-state index < -0.39 is 0 Å². The molecule has 0 saturated carbocycles. The van der Waals surface area contributed by atoms with Crippen LogP contribution in [0.15, 0.2) is 52.1 Å². The summed E-state index contributed by atoms with van der Waals surface area (Å²) in [5, 5.41) is 9.66. The van der Waals surface area contributed by atoms with Crippen LogP contribution in [0.3, 0.4) is 0 Å². The molecular weight excluding hydrogens is 412 g/mol. The van der Waals surface area contributed by atoms with Crippen molar-refractivity contribution in [1.82, 2.24) is 14.9 Å². The minimum atomic E-state index is 0.600. The van der Waals surface area contributed by atoms with Gasteiger partial charge < -0.3 is 10.6 Å². The van der Waals surface area contributed by atoms with E-state index in [-0.39, 0.29) is 0 Å². The van der Waals surface area contributed by atoms with Crippen molar-refractivity contribution in [3.05, 3.63) is 57.5 Å². The minimum absolute atomic E-state index is 0.600. The Morgan fingerprint density at radius 1 is 1.25 bits per heavy atom. The Kier molecular flexibility index (Phi) is 5.33. The highest BCUT2D eigenvalue weighted by atomic mass is 79.9. The van der Waals surface area contributed by atoms with Crippen molar-refractivity contribution >= 4 is 39.3 Å². The summed E-state index contributed by atoms with van der Waals surface area (Å²) in [6.07, 6.45) is 0. The number of hydrogen-bond donors (Lipinski definition) is 1. The summed E-state index contributed by atoms with van der Waals surface area (Å²) in [6.45, 7) is 0. The molecule has 1 heterocycles. The van der Waals surface area contributed by atoms with Gasteiger partial charge in [-0.15, -0.1) is 10.2 Å². The van der Waals surface area contributed by atoms with Gasteiger partial charge in [0.25, 0.3) is 0 Å². The third-order valence-corrected chi connectivity index (χ3v) is 5.30. The van der Waals surface area contributed by atoms with Crippen LogP contribution in [0.1, 0.15) is 5.56 Å². The van der Waals surface area contributed by atoms with Crippen molar-refractivity contribution in [2.45, 2.75) is 10.9 Å². The molecule has 0 aliphatic rings. The molecule has 0 radical (unpaired) electrons. The number of aromatic nitrogens is 3. The topological polar surface area (TPSA) is 66.0 Å². The van der Waals surface area contributed by atoms with Gasteiger partial charge in [0.05, 0.1) is 7.11 Å². The van der Waals surface area contributed by atoms with Gasteiger partial charge in [-0.3, -0.25) is 0 Å². The van der Waals surface area contributed by atoms with Crippen molar-refractivity contribution in [3.63, 3.8) is 0 Å². The maximum atomic E-state index is 6.16. The number of nitrogens with zero attached hydrogens (tertiary/aromatic N) is 3. The Labute approximate surface area is 157 Å². The van der Waals surface area contributed by atoms with Crippen LogP contribution in [-0.4, -0.2) is 22.0 Å². The van der Waals surface area contributed by atoms with Crippen LogP contribution in [0.4, 0.5) is 0 Å². The normalized spacial score (nSPS) is 10.8. The van der Waals surface area contributed by atoms with E-state index in [4.69, 9.17) is 22.2 Å². The number of halogens is 2. The van der Waals surface area contributed by atoms with Crippen LogP contribution >= 0.6 is 39.3 Å². The molecule has 0 atom stereocenters. The average molecular weight is 426 g/mol. The fourth-order valence-electron chi connectivity index (χ4n) is 2.20. The lowest BCUT2D eigenvalue weighted by atomic mass is 10.2. The number of hydrogen-bond acceptors (Lipinski definition) is 5. The van der Waals surface area contributed by atoms with Crippen molar-refractivity contribution in [3.8, 4) is 17.1 Å². The lowest BCUT2D eigenvalue weighted by Gasteiger charge is -2.09. The van der Waals surface area contributed by atoms with Crippen LogP contribution < -0.4 is 10.6 Å². The van der Waals surface area contributed by atoms with Gasteiger partial charge in [0.15, 0.2) is 5.82 Å². The zero-order valence-corrected chi connectivity index (χ0v) is 15.9. The Morgan fingerprint density at radius 2 is 2.04 bits per heavy atom. The van der Waals surface area contributed by atoms with Gasteiger partial charge in [-0.1, -0.05) is 51.4 Å². The summed E-state index contributed by atoms with van der Waals surface area (Å²) in [7, 11) is 1.63. The molecule has 0 saturated heterocycles. The quantitative estimate of drug-likeness (QED) is 0.485. The molecule has 8 heteroatoms. The molecule has 0 fully saturated rings. The van der Waals surface area contributed by atoms with Gasteiger partial charge in [-0.25, -0.2) is 4.68 Å². The molecule has 1 aromatic heterocycles. The Bertz CT molecular complexity index is 871. The zero-order valence-electron chi connectivity index (χ0n) is 12.7. The average Bonchev–Trinajstić information content (AvgIpc) is 2.94. The molecule has 5 nitrogen and oxygen atoms in total. The minimum Gasteiger partial charge on any atom is -0.496 e. The van der Waals surface area contributed by atoms with Crippen molar-refractivity contribution in [2.75, 3.05) is 13.0 Å². The third kappa shape index (κ3) is 3.53. The number of thioether (sulfide) groups is 1. The van der Waals surface area contributed by atoms with Crippen molar-refractivity contribution in [2.24, 2.45) is 0 Å². The second-order valence-corrected chi connectivity index (χ2v) is 7.13. The van der Waals surface area contributed by atoms with E-state index in [0.717, 1.165) is 21.3 Å². The first-order valence-electron chi connectivity index (χ1n) is 7.00. The van der Waals surface area contributed by atoms with E-state index in [1.807, 2.05) is 36.4 Å². The molecule has 124 valence electrons. The Morgan fingerprint density at radius 3 is 2.79 bits per heavy atom. The first kappa shape index (κ1) is 17.1. The highest BCUT2D eigenvalue weighted by molar-refractivity contribution is 9.10. The second kappa shape index (κ2) is 7.46. The number of ether oxygens (including phenoxy) is 1. The summed E-state index contributed by atoms with van der Waals surface area (Å²) in [5.74, 6) is 8.16. The van der Waals surface area contributed by atoms with Crippen molar-refractivity contribution < 1.29 is 4.74 Å². The number of methoxy groups -OCH3 is 1. The number of rotatable bonds is 5. The van der Waals surface area contributed by atoms with E-state index in [2.05, 4.69) is 26.1 Å². The molecular formula is C16H14BrClN4OS. The van der Waals surface area contributed by atoms with E-state index in [9.17, 15) is 0 Å². The monoisotopic (exact) mass is 424 g/mol. The molecule has 2 aromatic carbocycles. The van der Waals surface area contributed by atoms with Gasteiger partial charge in [-0.2, -0.15) is 0 Å². The summed E-state index contributed by atoms with van der Waals surface area (Å²) in [6, 6.07) is 13.3. The van der Waals surface area contributed by atoms with E-state index >= 15 is 0 Å². The van der Waals surface area contributed by atoms with Crippen LogP contribution in [0.2, 0.25) is 5.02 Å². The molecule has 0 aliphatic carbocycles. The van der Waals surface area contributed by atoms with Crippen LogP contribution in [0.5, 0.6) is 5.75 Å². The van der Waals surface area contributed by atoms with Gasteiger partial charge in [0.2, 0.25) is 5.16 Å². The maximum absolute atomic E-state index is 6.16. The third-order valence-electron chi connectivity index (χ3n) is 3.38. The highest BCUT2D eigenvalue weighted by Crippen LogP contribution is 2.31. The fraction of sp³-hybridized carbons (Fsp3) is 0.125. The van der Waals surface area contributed by atoms with Gasteiger partial charge in [-0.05, 0) is 30.3 Å². The summed E-state index contributed by atoms with van der Waals surface area (Å²) in [4.78, 5) is 0. The predicted octanol–water partition coefficient (Wildman–Crippen LogP) is 4.38. The first-order chi connectivity index (χ1) is 11.6. The molecule has 2 N–H and O–H groups in total. The maximum Gasteiger partial charge on any atom is 0.210 e. The van der Waals surface area contributed by atoms with E-state index in [1.165, 1.54) is 16.4 Å². The summed E-state index contributed by atoms with van der Waals surface area (Å²) >= 11 is 11.0. The van der Waals surface area contributed by atoms with E-state index in [1.54, 1.807) is 13.2 Å². The second-order valence-electron chi connectivity index (χ2n) is 4.90. The number of nitrogens with two attached hydrogens (primary N) is 1. The van der Waals surface area contributed by atoms with Crippen LogP contribution in [0, 0.1) is 0 Å². The van der Waals surface area contributed by atoms with Gasteiger partial charge in [0, 0.05) is 26.4 Å². The van der Waals surface area contributed by atoms with Crippen molar-refractivity contribution in [1.29, 1.82) is 0 Å². The number of nitrogen functional groups attached to an aromatic ring is 1. The Balaban J connectivity index is 1.83. The lowest BCUT2D eigenvalue weighted by Crippen LogP contribution is -2.11.